The summed E-state index contributed by atoms with van der Waals surface area (Å²) in [6.07, 6.45) is 3.39. The molecule has 0 saturated carbocycles. The first-order valence-corrected chi connectivity index (χ1v) is 7.86. The van der Waals surface area contributed by atoms with Crippen LogP contribution in [0.2, 0.25) is 0 Å². The van der Waals surface area contributed by atoms with Crippen molar-refractivity contribution in [3.63, 3.8) is 0 Å². The average molecular weight is 315 g/mol. The van der Waals surface area contributed by atoms with E-state index in [2.05, 4.69) is 9.97 Å². The molecule has 1 aliphatic heterocycles. The Balaban J connectivity index is 1.59. The number of hydrogen-bond donors (Lipinski definition) is 0. The van der Waals surface area contributed by atoms with Gasteiger partial charge in [-0.05, 0) is 19.9 Å². The van der Waals surface area contributed by atoms with Gasteiger partial charge in [-0.15, -0.1) is 0 Å². The lowest BCUT2D eigenvalue weighted by atomic mass is 10.1. The number of aromatic nitrogens is 2. The topological polar surface area (TPSA) is 68.5 Å². The zero-order chi connectivity index (χ0) is 16.4. The molecule has 0 unspecified atom stereocenters. The monoisotopic (exact) mass is 315 g/mol. The van der Waals surface area contributed by atoms with E-state index in [0.717, 1.165) is 18.4 Å². The van der Waals surface area contributed by atoms with Crippen molar-refractivity contribution in [1.82, 2.24) is 14.9 Å². The molecule has 1 aliphatic rings. The van der Waals surface area contributed by atoms with Gasteiger partial charge in [0, 0.05) is 44.6 Å². The lowest BCUT2D eigenvalue weighted by molar-refractivity contribution is 0.0556. The van der Waals surface area contributed by atoms with E-state index in [9.17, 15) is 4.79 Å². The number of rotatable bonds is 3. The fourth-order valence-corrected chi connectivity index (χ4v) is 2.80. The second-order valence-corrected chi connectivity index (χ2v) is 5.88. The molecule has 6 nitrogen and oxygen atoms in total. The maximum Gasteiger partial charge on any atom is 0.291 e. The van der Waals surface area contributed by atoms with Crippen LogP contribution in [0.5, 0.6) is 5.88 Å². The number of pyridine rings is 1. The Morgan fingerprint density at radius 2 is 2.04 bits per heavy atom. The van der Waals surface area contributed by atoms with E-state index in [1.807, 2.05) is 19.1 Å². The van der Waals surface area contributed by atoms with Gasteiger partial charge in [0.25, 0.3) is 5.91 Å². The van der Waals surface area contributed by atoms with Crippen LogP contribution in [0.4, 0.5) is 0 Å². The number of carbonyl (C=O) groups excluding carboxylic acids is 1. The number of oxazole rings is 1. The lowest BCUT2D eigenvalue weighted by Gasteiger charge is -2.31. The van der Waals surface area contributed by atoms with Crippen LogP contribution in [0.1, 0.15) is 40.5 Å². The molecule has 0 bridgehead atoms. The van der Waals surface area contributed by atoms with Crippen molar-refractivity contribution in [2.75, 3.05) is 13.1 Å². The molecule has 23 heavy (non-hydrogen) atoms. The quantitative estimate of drug-likeness (QED) is 0.871. The number of ether oxygens (including phenoxy) is 1. The first kappa shape index (κ1) is 15.5. The molecule has 0 atom stereocenters. The summed E-state index contributed by atoms with van der Waals surface area (Å²) in [5.74, 6) is 1.46. The third-order valence-electron chi connectivity index (χ3n) is 4.07. The van der Waals surface area contributed by atoms with Crippen LogP contribution in [-0.4, -0.2) is 40.0 Å². The highest BCUT2D eigenvalue weighted by atomic mass is 16.5. The fourth-order valence-electron chi connectivity index (χ4n) is 2.80. The van der Waals surface area contributed by atoms with E-state index >= 15 is 0 Å². The van der Waals surface area contributed by atoms with Crippen LogP contribution >= 0.6 is 0 Å². The van der Waals surface area contributed by atoms with Gasteiger partial charge in [-0.25, -0.2) is 9.97 Å². The second kappa shape index (κ2) is 6.40. The number of amides is 1. The van der Waals surface area contributed by atoms with Crippen LogP contribution in [-0.2, 0) is 0 Å². The van der Waals surface area contributed by atoms with Crippen LogP contribution in [0, 0.1) is 20.8 Å². The molecule has 3 heterocycles. The highest BCUT2D eigenvalue weighted by Crippen LogP contribution is 2.22. The molecule has 0 N–H and O–H groups in total. The van der Waals surface area contributed by atoms with Crippen LogP contribution < -0.4 is 4.74 Å². The summed E-state index contributed by atoms with van der Waals surface area (Å²) < 4.78 is 11.4. The van der Waals surface area contributed by atoms with Gasteiger partial charge in [-0.1, -0.05) is 6.07 Å². The summed E-state index contributed by atoms with van der Waals surface area (Å²) in [7, 11) is 0. The van der Waals surface area contributed by atoms with Gasteiger partial charge < -0.3 is 14.1 Å². The van der Waals surface area contributed by atoms with Crippen molar-refractivity contribution < 1.29 is 13.9 Å². The third-order valence-corrected chi connectivity index (χ3v) is 4.07. The molecule has 6 heteroatoms. The molecule has 1 saturated heterocycles. The maximum absolute atomic E-state index is 12.5. The fraction of sp³-hybridized carbons (Fsp3) is 0.471. The summed E-state index contributed by atoms with van der Waals surface area (Å²) >= 11 is 0. The zero-order valence-corrected chi connectivity index (χ0v) is 13.7. The minimum Gasteiger partial charge on any atom is -0.474 e. The van der Waals surface area contributed by atoms with Crippen molar-refractivity contribution in [2.45, 2.75) is 39.7 Å². The molecule has 0 aliphatic carbocycles. The number of piperidine rings is 1. The molecule has 2 aromatic heterocycles. The smallest absolute Gasteiger partial charge is 0.291 e. The Morgan fingerprint density at radius 3 is 2.65 bits per heavy atom. The zero-order valence-electron chi connectivity index (χ0n) is 13.7. The molecule has 3 rings (SSSR count). The van der Waals surface area contributed by atoms with Crippen molar-refractivity contribution >= 4 is 5.91 Å². The van der Waals surface area contributed by atoms with E-state index in [1.54, 1.807) is 24.9 Å². The number of likely N-dealkylation sites (tertiary alicyclic amines) is 1. The summed E-state index contributed by atoms with van der Waals surface area (Å²) in [5, 5.41) is 0. The van der Waals surface area contributed by atoms with Crippen molar-refractivity contribution in [3.05, 3.63) is 41.2 Å². The van der Waals surface area contributed by atoms with Crippen LogP contribution in [0.25, 0.3) is 0 Å². The molecule has 1 fully saturated rings. The minimum atomic E-state index is -0.0874. The second-order valence-electron chi connectivity index (χ2n) is 5.88. The Bertz CT molecular complexity index is 703. The van der Waals surface area contributed by atoms with E-state index in [1.165, 1.54) is 0 Å². The highest BCUT2D eigenvalue weighted by molar-refractivity contribution is 5.92. The van der Waals surface area contributed by atoms with E-state index < -0.39 is 0 Å². The van der Waals surface area contributed by atoms with Crippen molar-refractivity contribution in [3.8, 4) is 5.88 Å². The molecule has 0 radical (unpaired) electrons. The Morgan fingerprint density at radius 1 is 1.30 bits per heavy atom. The summed E-state index contributed by atoms with van der Waals surface area (Å²) in [6, 6.07) is 3.88. The molecule has 2 aromatic rings. The first-order chi connectivity index (χ1) is 11.0. The summed E-state index contributed by atoms with van der Waals surface area (Å²) in [6.45, 7) is 6.82. The number of nitrogens with zero attached hydrogens (tertiary/aromatic N) is 3. The maximum atomic E-state index is 12.5. The predicted octanol–water partition coefficient (Wildman–Crippen LogP) is 2.68. The van der Waals surface area contributed by atoms with Gasteiger partial charge in [-0.2, -0.15) is 0 Å². The van der Waals surface area contributed by atoms with Crippen LogP contribution in [0.15, 0.2) is 22.7 Å². The SMILES string of the molecule is Cc1nc(C)c(C(=O)N2CCC(Oc3ncccc3C)CC2)o1. The molecule has 0 aromatic carbocycles. The van der Waals surface area contributed by atoms with Gasteiger partial charge in [0.05, 0.1) is 5.69 Å². The van der Waals surface area contributed by atoms with Gasteiger partial charge in [0.2, 0.25) is 11.6 Å². The molecular weight excluding hydrogens is 294 g/mol. The molecule has 1 amide bonds. The minimum absolute atomic E-state index is 0.0874. The van der Waals surface area contributed by atoms with E-state index in [-0.39, 0.29) is 12.0 Å². The largest absolute Gasteiger partial charge is 0.474 e. The average Bonchev–Trinajstić information content (AvgIpc) is 2.88. The standard InChI is InChI=1S/C17H21N3O3/c1-11-5-4-8-18-16(11)23-14-6-9-20(10-7-14)17(21)15-12(2)19-13(3)22-15/h4-5,8,14H,6-7,9-10H2,1-3H3. The Kier molecular flexibility index (Phi) is 4.32. The van der Waals surface area contributed by atoms with Crippen molar-refractivity contribution in [2.24, 2.45) is 0 Å². The normalized spacial score (nSPS) is 15.7. The Hall–Kier alpha value is -2.37. The number of hydrogen-bond acceptors (Lipinski definition) is 5. The van der Waals surface area contributed by atoms with Gasteiger partial charge in [0.15, 0.2) is 5.89 Å². The number of carbonyl (C=O) groups is 1. The van der Waals surface area contributed by atoms with Gasteiger partial charge >= 0.3 is 0 Å². The van der Waals surface area contributed by atoms with Gasteiger partial charge in [-0.3, -0.25) is 4.79 Å². The third kappa shape index (κ3) is 3.36. The summed E-state index contributed by atoms with van der Waals surface area (Å²) in [4.78, 5) is 22.7. The van der Waals surface area contributed by atoms with E-state index in [4.69, 9.17) is 9.15 Å². The number of aryl methyl sites for hydroxylation is 3. The molecular formula is C17H21N3O3. The van der Waals surface area contributed by atoms with Gasteiger partial charge in [0.1, 0.15) is 6.10 Å². The summed E-state index contributed by atoms with van der Waals surface area (Å²) in [5.41, 5.74) is 1.67. The van der Waals surface area contributed by atoms with Crippen molar-refractivity contribution in [1.29, 1.82) is 0 Å². The Labute approximate surface area is 135 Å². The first-order valence-electron chi connectivity index (χ1n) is 7.86. The molecule has 122 valence electrons. The predicted molar refractivity (Wildman–Crippen MR) is 84.5 cm³/mol. The molecule has 0 spiro atoms. The van der Waals surface area contributed by atoms with E-state index in [0.29, 0.717) is 36.3 Å². The van der Waals surface area contributed by atoms with Crippen LogP contribution in [0.3, 0.4) is 0 Å². The lowest BCUT2D eigenvalue weighted by Crippen LogP contribution is -2.42. The highest BCUT2D eigenvalue weighted by Gasteiger charge is 2.28.